The monoisotopic (exact) mass is 1600 g/mol. The summed E-state index contributed by atoms with van der Waals surface area (Å²) in [6.45, 7) is 4.12. The van der Waals surface area contributed by atoms with E-state index in [0.29, 0.717) is 25.7 Å². The molecule has 0 spiro atoms. The van der Waals surface area contributed by atoms with Gasteiger partial charge in [0.1, 0.15) is 62.0 Å². The van der Waals surface area contributed by atoms with Crippen LogP contribution in [0.3, 0.4) is 0 Å². The van der Waals surface area contributed by atoms with Gasteiger partial charge in [0.2, 0.25) is 0 Å². The molecule has 0 amide bonds. The number of unbranched alkanes of at least 4 members (excludes halogenated alkanes) is 48. The molecule has 7 N–H and O–H groups in total. The van der Waals surface area contributed by atoms with Crippen LogP contribution in [0, 0.1) is 0 Å². The number of ether oxygens (including phenoxy) is 7. The van der Waals surface area contributed by atoms with E-state index in [-0.39, 0.29) is 25.7 Å². The highest BCUT2D eigenvalue weighted by atomic mass is 31.2. The lowest BCUT2D eigenvalue weighted by molar-refractivity contribution is -0.376. The summed E-state index contributed by atoms with van der Waals surface area (Å²) in [5.74, 6) is -2.40. The maximum atomic E-state index is 13.4. The third-order valence-electron chi connectivity index (χ3n) is 20.6. The molecule has 644 valence electrons. The van der Waals surface area contributed by atoms with Gasteiger partial charge in [0, 0.05) is 25.7 Å². The summed E-state index contributed by atoms with van der Waals surface area (Å²) in [6.07, 6.45) is 35.4. The molecule has 2 aliphatic heterocycles. The molecule has 12 unspecified atom stereocenters. The van der Waals surface area contributed by atoms with Gasteiger partial charge in [0.15, 0.2) is 24.8 Å². The molecule has 0 radical (unpaired) electrons. The molecule has 0 bridgehead atoms. The van der Waals surface area contributed by atoms with Gasteiger partial charge < -0.3 is 82.6 Å². The summed E-state index contributed by atoms with van der Waals surface area (Å²) >= 11 is 0. The molecule has 2 heterocycles. The average molecular weight is 1600 g/mol. The Hall–Kier alpha value is -2.26. The van der Waals surface area contributed by atoms with Crippen LogP contribution < -0.4 is 4.89 Å². The zero-order valence-electron chi connectivity index (χ0n) is 68.1. The number of rotatable bonds is 76. The number of phosphoric ester groups is 2. The number of hydrogen-bond acceptors (Lipinski definition) is 24. The van der Waals surface area contributed by atoms with E-state index in [1.54, 1.807) is 0 Å². The highest BCUT2D eigenvalue weighted by Crippen LogP contribution is 2.45. The van der Waals surface area contributed by atoms with Gasteiger partial charge in [-0.2, -0.15) is 0 Å². The number of carbonyl (C=O) groups excluding carboxylic acids is 4. The molecule has 2 rings (SSSR count). The standard InChI is InChI=1S/C82H156O25P2/c1-5-9-13-17-21-25-29-33-37-41-45-49-53-57-71(83)97-61-67(103-73(85)59-55-51-47-43-39-35-31-27-23-19-15-11-7-3)63-99-108(93,94)101-65-69-75(87)77(89)79(91)81(105-69)107-82-80(92)78(90)76(88)70(106-82)66-102-109(95,96)100-64-68(104-74(86)60-56-52-48-44-40-36-32-28-24-20-16-12-8-4)62-98-72(84)58-54-50-46-42-38-34-30-26-22-18-14-10-6-2/h67-70,75-82,87-92H,5-66H2,1-4H3,(H,93,94)(H,95,96)/p-1/t67-,68-,69?,70?,75?,76?,77?,78?,79?,80?,81?,82?/m1/s1. The molecular formula is C82H155O25P2-. The van der Waals surface area contributed by atoms with Crippen LogP contribution in [0.2, 0.25) is 0 Å². The maximum Gasteiger partial charge on any atom is 0.472 e. The minimum atomic E-state index is -5.41. The minimum absolute atomic E-state index is 0.0282. The van der Waals surface area contributed by atoms with E-state index in [9.17, 15) is 68.7 Å². The number of phosphoric acid groups is 2. The number of aliphatic hydroxyl groups excluding tert-OH is 6. The normalized spacial score (nSPS) is 21.9. The minimum Gasteiger partial charge on any atom is -0.756 e. The largest absolute Gasteiger partial charge is 0.756 e. The predicted octanol–water partition coefficient (Wildman–Crippen LogP) is 17.1. The van der Waals surface area contributed by atoms with E-state index in [0.717, 1.165) is 103 Å². The first-order valence-electron chi connectivity index (χ1n) is 43.6. The molecule has 0 saturated carbocycles. The van der Waals surface area contributed by atoms with E-state index in [1.807, 2.05) is 0 Å². The van der Waals surface area contributed by atoms with Crippen LogP contribution in [0.25, 0.3) is 0 Å². The van der Waals surface area contributed by atoms with Crippen LogP contribution in [-0.2, 0) is 79.6 Å². The van der Waals surface area contributed by atoms with Crippen LogP contribution >= 0.6 is 15.6 Å². The Morgan fingerprint density at radius 2 is 0.550 bits per heavy atom. The molecule has 0 aromatic carbocycles. The highest BCUT2D eigenvalue weighted by molar-refractivity contribution is 7.47. The summed E-state index contributed by atoms with van der Waals surface area (Å²) < 4.78 is 86.3. The van der Waals surface area contributed by atoms with Crippen molar-refractivity contribution in [1.82, 2.24) is 0 Å². The quantitative estimate of drug-likeness (QED) is 0.0129. The van der Waals surface area contributed by atoms with Gasteiger partial charge in [-0.1, -0.05) is 336 Å². The Bertz CT molecular complexity index is 2140. The van der Waals surface area contributed by atoms with Crippen molar-refractivity contribution in [3.05, 3.63) is 0 Å². The lowest BCUT2D eigenvalue weighted by Gasteiger charge is -2.45. The Labute approximate surface area is 657 Å². The van der Waals surface area contributed by atoms with Crippen LogP contribution in [0.1, 0.15) is 387 Å². The fourth-order valence-corrected chi connectivity index (χ4v) is 15.1. The van der Waals surface area contributed by atoms with Crippen molar-refractivity contribution >= 4 is 39.5 Å². The number of carbonyl (C=O) groups is 4. The second-order valence-corrected chi connectivity index (χ2v) is 33.7. The predicted molar refractivity (Wildman–Crippen MR) is 419 cm³/mol. The molecule has 0 aliphatic carbocycles. The van der Waals surface area contributed by atoms with E-state index in [1.165, 1.54) is 205 Å². The van der Waals surface area contributed by atoms with Crippen molar-refractivity contribution in [2.75, 3.05) is 39.6 Å². The summed E-state index contributed by atoms with van der Waals surface area (Å²) in [7, 11) is -10.6. The zero-order valence-corrected chi connectivity index (χ0v) is 69.9. The van der Waals surface area contributed by atoms with Crippen LogP contribution in [-0.4, -0.2) is 173 Å². The van der Waals surface area contributed by atoms with Gasteiger partial charge in [-0.05, 0) is 25.7 Å². The lowest BCUT2D eigenvalue weighted by Crippen LogP contribution is -2.63. The second-order valence-electron chi connectivity index (χ2n) is 30.8. The first kappa shape index (κ1) is 103. The van der Waals surface area contributed by atoms with Crippen LogP contribution in [0.4, 0.5) is 0 Å². The van der Waals surface area contributed by atoms with Crippen molar-refractivity contribution in [3.63, 3.8) is 0 Å². The van der Waals surface area contributed by atoms with Gasteiger partial charge in [0.25, 0.3) is 7.82 Å². The highest BCUT2D eigenvalue weighted by Gasteiger charge is 2.50. The summed E-state index contributed by atoms with van der Waals surface area (Å²) in [6, 6.07) is 0. The fraction of sp³-hybridized carbons (Fsp3) is 0.951. The molecule has 14 atom stereocenters. The molecule has 2 saturated heterocycles. The van der Waals surface area contributed by atoms with Crippen molar-refractivity contribution < 1.29 is 120 Å². The molecule has 25 nitrogen and oxygen atoms in total. The smallest absolute Gasteiger partial charge is 0.472 e. The van der Waals surface area contributed by atoms with Gasteiger partial charge in [-0.15, -0.1) is 0 Å². The first-order valence-corrected chi connectivity index (χ1v) is 46.6. The lowest BCUT2D eigenvalue weighted by atomic mass is 9.98. The van der Waals surface area contributed by atoms with Crippen molar-refractivity contribution in [2.45, 2.75) is 461 Å². The number of esters is 4. The molecule has 109 heavy (non-hydrogen) atoms. The molecule has 0 aromatic rings. The van der Waals surface area contributed by atoms with Crippen LogP contribution in [0.5, 0.6) is 0 Å². The maximum absolute atomic E-state index is 13.4. The summed E-state index contributed by atoms with van der Waals surface area (Å²) in [5, 5.41) is 65.7. The topological polar surface area (TPSA) is 369 Å². The molecule has 0 aromatic heterocycles. The number of hydrogen-bond donors (Lipinski definition) is 7. The Morgan fingerprint density at radius 1 is 0.312 bits per heavy atom. The van der Waals surface area contributed by atoms with E-state index in [4.69, 9.17) is 51.3 Å². The van der Waals surface area contributed by atoms with E-state index < -0.39 is 153 Å². The Morgan fingerprint density at radius 3 is 0.826 bits per heavy atom. The third-order valence-corrected chi connectivity index (χ3v) is 22.5. The average Bonchev–Trinajstić information content (AvgIpc) is 0.792. The number of aliphatic hydroxyl groups is 6. The Kier molecular flexibility index (Phi) is 64.0. The third kappa shape index (κ3) is 55.1. The van der Waals surface area contributed by atoms with E-state index >= 15 is 0 Å². The van der Waals surface area contributed by atoms with Crippen molar-refractivity contribution in [1.29, 1.82) is 0 Å². The second kappa shape index (κ2) is 67.9. The first-order chi connectivity index (χ1) is 52.7. The van der Waals surface area contributed by atoms with Crippen molar-refractivity contribution in [2.24, 2.45) is 0 Å². The Balaban J connectivity index is 2.03. The molecule has 2 aliphatic rings. The molecule has 27 heteroatoms. The fourth-order valence-electron chi connectivity index (χ4n) is 13.6. The SMILES string of the molecule is CCCCCCCCCCCCCCCC(=O)OC[C@H](COP(=O)([O-])OCC1OC(OC2OC(COP(=O)(O)OC[C@@H](COC(=O)CCCCCCCCCCCCCCC)OC(=O)CCCCCCCCCCCCCCC)C(O)C(O)C2O)C(O)C(O)C1O)OC(=O)CCCCCCCCCCCCCCC. The van der Waals surface area contributed by atoms with Gasteiger partial charge in [0.05, 0.1) is 26.4 Å². The van der Waals surface area contributed by atoms with Gasteiger partial charge in [-0.3, -0.25) is 32.8 Å². The summed E-state index contributed by atoms with van der Waals surface area (Å²) in [5.41, 5.74) is 0. The molecular weight excluding hydrogens is 1450 g/mol. The van der Waals surface area contributed by atoms with Gasteiger partial charge in [-0.25, -0.2) is 4.57 Å². The molecule has 2 fully saturated rings. The van der Waals surface area contributed by atoms with Crippen molar-refractivity contribution in [3.8, 4) is 0 Å². The van der Waals surface area contributed by atoms with Crippen LogP contribution in [0.15, 0.2) is 0 Å². The zero-order chi connectivity index (χ0) is 79.9. The van der Waals surface area contributed by atoms with E-state index in [2.05, 4.69) is 27.7 Å². The van der Waals surface area contributed by atoms with Gasteiger partial charge >= 0.3 is 31.7 Å². The summed E-state index contributed by atoms with van der Waals surface area (Å²) in [4.78, 5) is 76.3.